The van der Waals surface area contributed by atoms with E-state index in [1.54, 1.807) is 0 Å². The number of amides is 2. The van der Waals surface area contributed by atoms with Crippen molar-refractivity contribution in [3.63, 3.8) is 0 Å². The van der Waals surface area contributed by atoms with Crippen LogP contribution in [0.5, 0.6) is 0 Å². The minimum atomic E-state index is -0.391. The standard InChI is InChI=1S/C22H33N3O2/c1-16-6-8-17(9-7-16)15-24-20(26)18-10-13-25(14-11-18)21(27)19-5-3-4-12-22(19,2)23/h6-9,18-19H,3-5,10-15,23H2,1-2H3,(H,24,26). The molecule has 0 spiro atoms. The summed E-state index contributed by atoms with van der Waals surface area (Å²) in [5.74, 6) is 0.218. The van der Waals surface area contributed by atoms with Crippen LogP contribution in [0, 0.1) is 18.8 Å². The first-order valence-electron chi connectivity index (χ1n) is 10.3. The lowest BCUT2D eigenvalue weighted by Gasteiger charge is -2.41. The van der Waals surface area contributed by atoms with Gasteiger partial charge in [-0.25, -0.2) is 0 Å². The minimum Gasteiger partial charge on any atom is -0.352 e. The topological polar surface area (TPSA) is 75.4 Å². The van der Waals surface area contributed by atoms with Crippen LogP contribution in [0.3, 0.4) is 0 Å². The number of rotatable bonds is 4. The molecule has 1 aliphatic carbocycles. The number of aryl methyl sites for hydroxylation is 1. The predicted octanol–water partition coefficient (Wildman–Crippen LogP) is 2.76. The van der Waals surface area contributed by atoms with E-state index in [-0.39, 0.29) is 23.7 Å². The van der Waals surface area contributed by atoms with Crippen LogP contribution in [0.1, 0.15) is 56.6 Å². The number of piperidine rings is 1. The molecule has 0 bridgehead atoms. The summed E-state index contributed by atoms with van der Waals surface area (Å²) in [5, 5.41) is 3.05. The zero-order chi connectivity index (χ0) is 19.4. The van der Waals surface area contributed by atoms with E-state index in [4.69, 9.17) is 5.73 Å². The Morgan fingerprint density at radius 2 is 1.81 bits per heavy atom. The van der Waals surface area contributed by atoms with E-state index in [0.29, 0.717) is 19.6 Å². The molecule has 2 atom stereocenters. The summed E-state index contributed by atoms with van der Waals surface area (Å²) in [6.45, 7) is 5.95. The van der Waals surface area contributed by atoms with Gasteiger partial charge in [0.15, 0.2) is 0 Å². The number of likely N-dealkylation sites (tertiary alicyclic amines) is 1. The van der Waals surface area contributed by atoms with Crippen LogP contribution in [0.4, 0.5) is 0 Å². The fraction of sp³-hybridized carbons (Fsp3) is 0.636. The SMILES string of the molecule is Cc1ccc(CNC(=O)C2CCN(C(=O)C3CCCCC3(C)N)CC2)cc1. The Labute approximate surface area is 162 Å². The van der Waals surface area contributed by atoms with Crippen LogP contribution in [-0.2, 0) is 16.1 Å². The fourth-order valence-corrected chi connectivity index (χ4v) is 4.39. The molecular weight excluding hydrogens is 338 g/mol. The second-order valence-corrected chi connectivity index (χ2v) is 8.61. The zero-order valence-corrected chi connectivity index (χ0v) is 16.7. The smallest absolute Gasteiger partial charge is 0.227 e. The highest BCUT2D eigenvalue weighted by molar-refractivity contribution is 5.82. The molecule has 1 saturated carbocycles. The lowest BCUT2D eigenvalue weighted by molar-refractivity contribution is -0.142. The molecule has 0 radical (unpaired) electrons. The minimum absolute atomic E-state index is 0.00452. The summed E-state index contributed by atoms with van der Waals surface area (Å²) in [4.78, 5) is 27.3. The molecule has 148 valence electrons. The van der Waals surface area contributed by atoms with Gasteiger partial charge in [-0.15, -0.1) is 0 Å². The van der Waals surface area contributed by atoms with E-state index in [1.165, 1.54) is 5.56 Å². The highest BCUT2D eigenvalue weighted by atomic mass is 16.2. The van der Waals surface area contributed by atoms with Crippen molar-refractivity contribution in [1.29, 1.82) is 0 Å². The molecule has 5 heteroatoms. The van der Waals surface area contributed by atoms with Crippen LogP contribution < -0.4 is 11.1 Å². The van der Waals surface area contributed by atoms with E-state index in [0.717, 1.165) is 44.1 Å². The molecule has 2 fully saturated rings. The van der Waals surface area contributed by atoms with Gasteiger partial charge in [0.05, 0.1) is 5.92 Å². The van der Waals surface area contributed by atoms with E-state index < -0.39 is 5.54 Å². The van der Waals surface area contributed by atoms with E-state index in [1.807, 2.05) is 24.0 Å². The molecule has 0 aromatic heterocycles. The molecule has 1 aromatic carbocycles. The fourth-order valence-electron chi connectivity index (χ4n) is 4.39. The van der Waals surface area contributed by atoms with Gasteiger partial charge in [-0.1, -0.05) is 42.7 Å². The summed E-state index contributed by atoms with van der Waals surface area (Å²) < 4.78 is 0. The summed E-state index contributed by atoms with van der Waals surface area (Å²) in [6.07, 6.45) is 5.48. The van der Waals surface area contributed by atoms with Gasteiger partial charge in [0, 0.05) is 31.1 Å². The molecule has 27 heavy (non-hydrogen) atoms. The number of nitrogens with two attached hydrogens (primary N) is 1. The Bertz CT molecular complexity index is 661. The lowest BCUT2D eigenvalue weighted by atomic mass is 9.73. The third-order valence-electron chi connectivity index (χ3n) is 6.32. The number of carbonyl (C=O) groups is 2. The van der Waals surface area contributed by atoms with Crippen LogP contribution in [0.2, 0.25) is 0 Å². The monoisotopic (exact) mass is 371 g/mol. The first-order chi connectivity index (χ1) is 12.9. The summed E-state index contributed by atoms with van der Waals surface area (Å²) >= 11 is 0. The lowest BCUT2D eigenvalue weighted by Crippen LogP contribution is -2.55. The summed E-state index contributed by atoms with van der Waals surface area (Å²) in [5.41, 5.74) is 8.33. The van der Waals surface area contributed by atoms with Crippen molar-refractivity contribution >= 4 is 11.8 Å². The van der Waals surface area contributed by atoms with E-state index >= 15 is 0 Å². The quantitative estimate of drug-likeness (QED) is 0.854. The van der Waals surface area contributed by atoms with Gasteiger partial charge in [0.2, 0.25) is 11.8 Å². The van der Waals surface area contributed by atoms with Crippen molar-refractivity contribution in [2.24, 2.45) is 17.6 Å². The molecular formula is C22H33N3O2. The van der Waals surface area contributed by atoms with Crippen molar-refractivity contribution in [3.05, 3.63) is 35.4 Å². The van der Waals surface area contributed by atoms with Gasteiger partial charge in [-0.3, -0.25) is 9.59 Å². The second-order valence-electron chi connectivity index (χ2n) is 8.61. The van der Waals surface area contributed by atoms with Crippen molar-refractivity contribution in [2.45, 2.75) is 64.5 Å². The number of carbonyl (C=O) groups excluding carboxylic acids is 2. The normalized spacial score (nSPS) is 26.6. The summed E-state index contributed by atoms with van der Waals surface area (Å²) in [6, 6.07) is 8.21. The Kier molecular flexibility index (Phi) is 6.20. The number of hydrogen-bond acceptors (Lipinski definition) is 3. The average molecular weight is 372 g/mol. The Morgan fingerprint density at radius 1 is 1.15 bits per heavy atom. The van der Waals surface area contributed by atoms with Gasteiger partial charge in [-0.2, -0.15) is 0 Å². The van der Waals surface area contributed by atoms with Crippen LogP contribution in [-0.4, -0.2) is 35.3 Å². The molecule has 3 N–H and O–H groups in total. The van der Waals surface area contributed by atoms with Gasteiger partial charge in [-0.05, 0) is 45.1 Å². The molecule has 2 amide bonds. The first kappa shape index (κ1) is 19.9. The van der Waals surface area contributed by atoms with Crippen molar-refractivity contribution in [2.75, 3.05) is 13.1 Å². The van der Waals surface area contributed by atoms with Crippen molar-refractivity contribution < 1.29 is 9.59 Å². The first-order valence-corrected chi connectivity index (χ1v) is 10.3. The number of nitrogens with one attached hydrogen (secondary N) is 1. The number of hydrogen-bond donors (Lipinski definition) is 2. The van der Waals surface area contributed by atoms with Gasteiger partial charge in [0.1, 0.15) is 0 Å². The Hall–Kier alpha value is -1.88. The maximum atomic E-state index is 12.9. The van der Waals surface area contributed by atoms with Gasteiger partial charge >= 0.3 is 0 Å². The predicted molar refractivity (Wildman–Crippen MR) is 107 cm³/mol. The van der Waals surface area contributed by atoms with Gasteiger partial charge < -0.3 is 16.0 Å². The molecule has 1 heterocycles. The van der Waals surface area contributed by atoms with E-state index in [9.17, 15) is 9.59 Å². The zero-order valence-electron chi connectivity index (χ0n) is 16.7. The molecule has 3 rings (SSSR count). The van der Waals surface area contributed by atoms with Crippen molar-refractivity contribution in [1.82, 2.24) is 10.2 Å². The van der Waals surface area contributed by atoms with Crippen LogP contribution in [0.25, 0.3) is 0 Å². The Morgan fingerprint density at radius 3 is 2.44 bits per heavy atom. The third-order valence-corrected chi connectivity index (χ3v) is 6.32. The summed E-state index contributed by atoms with van der Waals surface area (Å²) in [7, 11) is 0. The largest absolute Gasteiger partial charge is 0.352 e. The highest BCUT2D eigenvalue weighted by Crippen LogP contribution is 2.33. The Balaban J connectivity index is 1.47. The van der Waals surface area contributed by atoms with Crippen LogP contribution in [0.15, 0.2) is 24.3 Å². The highest BCUT2D eigenvalue weighted by Gasteiger charge is 2.40. The molecule has 1 aromatic rings. The average Bonchev–Trinajstić information content (AvgIpc) is 2.66. The number of nitrogens with zero attached hydrogens (tertiary/aromatic N) is 1. The molecule has 2 unspecified atom stereocenters. The van der Waals surface area contributed by atoms with Gasteiger partial charge in [0.25, 0.3) is 0 Å². The molecule has 1 saturated heterocycles. The maximum Gasteiger partial charge on any atom is 0.227 e. The molecule has 5 nitrogen and oxygen atoms in total. The third kappa shape index (κ3) is 4.89. The maximum absolute atomic E-state index is 12.9. The molecule has 1 aliphatic heterocycles. The second kappa shape index (κ2) is 8.42. The van der Waals surface area contributed by atoms with Crippen molar-refractivity contribution in [3.8, 4) is 0 Å². The number of benzene rings is 1. The van der Waals surface area contributed by atoms with Crippen LogP contribution >= 0.6 is 0 Å². The molecule has 2 aliphatic rings. The van der Waals surface area contributed by atoms with E-state index in [2.05, 4.69) is 24.4 Å².